The highest BCUT2D eigenvalue weighted by molar-refractivity contribution is 5.25. The zero-order valence-corrected chi connectivity index (χ0v) is 13.1. The fourth-order valence-electron chi connectivity index (χ4n) is 2.64. The monoisotopic (exact) mass is 303 g/mol. The van der Waals surface area contributed by atoms with E-state index in [4.69, 9.17) is 9.47 Å². The molecule has 1 fully saturated rings. The predicted octanol–water partition coefficient (Wildman–Crippen LogP) is 1.10. The molecule has 0 aliphatic carbocycles. The van der Waals surface area contributed by atoms with Gasteiger partial charge in [0.05, 0.1) is 26.2 Å². The maximum absolute atomic E-state index is 5.60. The topological polar surface area (TPSA) is 85.0 Å². The average molecular weight is 303 g/mol. The van der Waals surface area contributed by atoms with Gasteiger partial charge in [0, 0.05) is 24.3 Å². The van der Waals surface area contributed by atoms with Crippen LogP contribution in [0, 0.1) is 13.8 Å². The lowest BCUT2D eigenvalue weighted by Gasteiger charge is -2.17. The first-order valence-corrected chi connectivity index (χ1v) is 7.38. The van der Waals surface area contributed by atoms with Crippen LogP contribution in [-0.4, -0.2) is 46.5 Å². The Balaban J connectivity index is 1.65. The number of H-pyrrole nitrogens is 1. The SMILES string of the molecule is COc1ccc(CN[C@@H]2COC[C@@H]2c2n[nH]c(C)n2)c(C)n1. The van der Waals surface area contributed by atoms with Crippen LogP contribution in [0.5, 0.6) is 5.88 Å². The third-order valence-corrected chi connectivity index (χ3v) is 3.96. The number of aromatic amines is 1. The molecular weight excluding hydrogens is 282 g/mol. The van der Waals surface area contributed by atoms with Gasteiger partial charge in [0.15, 0.2) is 5.82 Å². The lowest BCUT2D eigenvalue weighted by Crippen LogP contribution is -2.34. The van der Waals surface area contributed by atoms with Crippen LogP contribution in [0.3, 0.4) is 0 Å². The van der Waals surface area contributed by atoms with Gasteiger partial charge in [-0.3, -0.25) is 5.10 Å². The normalized spacial score (nSPS) is 21.2. The molecule has 7 heteroatoms. The number of rotatable bonds is 5. The molecule has 0 bridgehead atoms. The summed E-state index contributed by atoms with van der Waals surface area (Å²) >= 11 is 0. The van der Waals surface area contributed by atoms with Gasteiger partial charge < -0.3 is 14.8 Å². The second-order valence-electron chi connectivity index (χ2n) is 5.51. The van der Waals surface area contributed by atoms with Crippen LogP contribution < -0.4 is 10.1 Å². The van der Waals surface area contributed by atoms with Crippen LogP contribution in [0.4, 0.5) is 0 Å². The quantitative estimate of drug-likeness (QED) is 0.860. The molecule has 2 aromatic heterocycles. The smallest absolute Gasteiger partial charge is 0.213 e. The van der Waals surface area contributed by atoms with E-state index in [1.165, 1.54) is 0 Å². The second-order valence-corrected chi connectivity index (χ2v) is 5.51. The molecule has 3 heterocycles. The highest BCUT2D eigenvalue weighted by atomic mass is 16.5. The second kappa shape index (κ2) is 6.41. The standard InChI is InChI=1S/C15H21N5O2/c1-9-11(4-5-14(17-9)21-3)6-16-13-8-22-7-12(13)15-18-10(2)19-20-15/h4-5,12-13,16H,6-8H2,1-3H3,(H,18,19,20)/t12-,13+/m0/s1. The summed E-state index contributed by atoms with van der Waals surface area (Å²) in [5.74, 6) is 2.46. The minimum Gasteiger partial charge on any atom is -0.481 e. The van der Waals surface area contributed by atoms with Crippen molar-refractivity contribution in [3.05, 3.63) is 35.0 Å². The molecule has 0 spiro atoms. The molecule has 1 aliphatic heterocycles. The highest BCUT2D eigenvalue weighted by Gasteiger charge is 2.32. The van der Waals surface area contributed by atoms with Gasteiger partial charge in [-0.25, -0.2) is 9.97 Å². The molecule has 2 aromatic rings. The van der Waals surface area contributed by atoms with Gasteiger partial charge in [-0.05, 0) is 19.4 Å². The molecule has 2 atom stereocenters. The van der Waals surface area contributed by atoms with Crippen LogP contribution in [0.25, 0.3) is 0 Å². The summed E-state index contributed by atoms with van der Waals surface area (Å²) in [6.45, 7) is 5.94. The number of nitrogens with zero attached hydrogens (tertiary/aromatic N) is 3. The molecule has 0 radical (unpaired) electrons. The molecular formula is C15H21N5O2. The molecule has 0 saturated carbocycles. The zero-order chi connectivity index (χ0) is 15.5. The van der Waals surface area contributed by atoms with E-state index < -0.39 is 0 Å². The molecule has 1 aliphatic rings. The van der Waals surface area contributed by atoms with E-state index in [2.05, 4.69) is 25.5 Å². The Morgan fingerprint density at radius 1 is 1.32 bits per heavy atom. The van der Waals surface area contributed by atoms with Crippen molar-refractivity contribution >= 4 is 0 Å². The molecule has 1 saturated heterocycles. The van der Waals surface area contributed by atoms with Gasteiger partial charge in [0.25, 0.3) is 0 Å². The van der Waals surface area contributed by atoms with Crippen molar-refractivity contribution in [1.82, 2.24) is 25.5 Å². The molecule has 0 unspecified atom stereocenters. The Labute approximate surface area is 129 Å². The van der Waals surface area contributed by atoms with Gasteiger partial charge >= 0.3 is 0 Å². The largest absolute Gasteiger partial charge is 0.481 e. The zero-order valence-electron chi connectivity index (χ0n) is 13.1. The number of pyridine rings is 1. The Kier molecular flexibility index (Phi) is 4.35. The van der Waals surface area contributed by atoms with Crippen molar-refractivity contribution in [2.45, 2.75) is 32.4 Å². The molecule has 0 amide bonds. The van der Waals surface area contributed by atoms with Crippen molar-refractivity contribution in [3.8, 4) is 5.88 Å². The highest BCUT2D eigenvalue weighted by Crippen LogP contribution is 2.23. The number of aromatic nitrogens is 4. The van der Waals surface area contributed by atoms with E-state index in [0.29, 0.717) is 19.1 Å². The Bertz CT molecular complexity index is 643. The van der Waals surface area contributed by atoms with Gasteiger partial charge in [-0.2, -0.15) is 5.10 Å². The fourth-order valence-corrected chi connectivity index (χ4v) is 2.64. The van der Waals surface area contributed by atoms with Crippen LogP contribution in [-0.2, 0) is 11.3 Å². The summed E-state index contributed by atoms with van der Waals surface area (Å²) in [5.41, 5.74) is 2.12. The van der Waals surface area contributed by atoms with E-state index in [1.54, 1.807) is 7.11 Å². The predicted molar refractivity (Wildman–Crippen MR) is 80.8 cm³/mol. The lowest BCUT2D eigenvalue weighted by atomic mass is 10.0. The first kappa shape index (κ1) is 14.9. The fraction of sp³-hybridized carbons (Fsp3) is 0.533. The summed E-state index contributed by atoms with van der Waals surface area (Å²) in [6.07, 6.45) is 0. The number of methoxy groups -OCH3 is 1. The Morgan fingerprint density at radius 3 is 2.86 bits per heavy atom. The number of aryl methyl sites for hydroxylation is 2. The first-order chi connectivity index (χ1) is 10.7. The number of hydrogen-bond donors (Lipinski definition) is 2. The lowest BCUT2D eigenvalue weighted by molar-refractivity contribution is 0.187. The molecule has 0 aromatic carbocycles. The summed E-state index contributed by atoms with van der Waals surface area (Å²) in [6, 6.07) is 4.12. The Morgan fingerprint density at radius 2 is 2.18 bits per heavy atom. The molecule has 7 nitrogen and oxygen atoms in total. The van der Waals surface area contributed by atoms with Gasteiger partial charge in [-0.15, -0.1) is 0 Å². The minimum absolute atomic E-state index is 0.177. The maximum Gasteiger partial charge on any atom is 0.213 e. The van der Waals surface area contributed by atoms with Crippen molar-refractivity contribution in [2.75, 3.05) is 20.3 Å². The Hall–Kier alpha value is -1.99. The number of nitrogens with one attached hydrogen (secondary N) is 2. The van der Waals surface area contributed by atoms with E-state index in [1.807, 2.05) is 26.0 Å². The van der Waals surface area contributed by atoms with Gasteiger partial charge in [0.1, 0.15) is 5.82 Å². The molecule has 22 heavy (non-hydrogen) atoms. The van der Waals surface area contributed by atoms with Gasteiger partial charge in [0.2, 0.25) is 5.88 Å². The summed E-state index contributed by atoms with van der Waals surface area (Å²) in [7, 11) is 1.62. The van der Waals surface area contributed by atoms with E-state index in [0.717, 1.165) is 29.5 Å². The summed E-state index contributed by atoms with van der Waals surface area (Å²) in [5, 5.41) is 10.7. The summed E-state index contributed by atoms with van der Waals surface area (Å²) in [4.78, 5) is 8.82. The van der Waals surface area contributed by atoms with E-state index in [9.17, 15) is 0 Å². The molecule has 118 valence electrons. The number of ether oxygens (including phenoxy) is 2. The number of hydrogen-bond acceptors (Lipinski definition) is 6. The van der Waals surface area contributed by atoms with Crippen LogP contribution >= 0.6 is 0 Å². The van der Waals surface area contributed by atoms with E-state index >= 15 is 0 Å². The van der Waals surface area contributed by atoms with Crippen molar-refractivity contribution in [1.29, 1.82) is 0 Å². The van der Waals surface area contributed by atoms with Crippen LogP contribution in [0.2, 0.25) is 0 Å². The van der Waals surface area contributed by atoms with Crippen molar-refractivity contribution < 1.29 is 9.47 Å². The third kappa shape index (κ3) is 3.10. The van der Waals surface area contributed by atoms with Crippen LogP contribution in [0.1, 0.15) is 28.8 Å². The maximum atomic E-state index is 5.60. The van der Waals surface area contributed by atoms with Gasteiger partial charge in [-0.1, -0.05) is 6.07 Å². The van der Waals surface area contributed by atoms with E-state index in [-0.39, 0.29) is 12.0 Å². The molecule has 2 N–H and O–H groups in total. The van der Waals surface area contributed by atoms with Crippen molar-refractivity contribution in [3.63, 3.8) is 0 Å². The molecule has 3 rings (SSSR count). The van der Waals surface area contributed by atoms with Crippen molar-refractivity contribution in [2.24, 2.45) is 0 Å². The first-order valence-electron chi connectivity index (χ1n) is 7.38. The van der Waals surface area contributed by atoms with Crippen LogP contribution in [0.15, 0.2) is 12.1 Å². The minimum atomic E-state index is 0.177. The summed E-state index contributed by atoms with van der Waals surface area (Å²) < 4.78 is 10.7. The third-order valence-electron chi connectivity index (χ3n) is 3.96. The average Bonchev–Trinajstić information content (AvgIpc) is 3.14.